The summed E-state index contributed by atoms with van der Waals surface area (Å²) < 4.78 is 17.1. The maximum absolute atomic E-state index is 6.22. The van der Waals surface area contributed by atoms with Gasteiger partial charge in [0.25, 0.3) is 0 Å². The molecule has 2 N–H and O–H groups in total. The van der Waals surface area contributed by atoms with E-state index in [4.69, 9.17) is 14.2 Å². The second kappa shape index (κ2) is 9.00. The molecule has 3 heterocycles. The quantitative estimate of drug-likeness (QED) is 0.754. The summed E-state index contributed by atoms with van der Waals surface area (Å²) in [6, 6.07) is 2.77. The zero-order chi connectivity index (χ0) is 19.5. The number of morpholine rings is 1. The third kappa shape index (κ3) is 4.46. The summed E-state index contributed by atoms with van der Waals surface area (Å²) in [6.07, 6.45) is 5.54. The molecule has 8 nitrogen and oxygen atoms in total. The van der Waals surface area contributed by atoms with Crippen molar-refractivity contribution in [2.45, 2.75) is 63.5 Å². The van der Waals surface area contributed by atoms with Crippen molar-refractivity contribution in [3.63, 3.8) is 0 Å². The molecule has 28 heavy (non-hydrogen) atoms. The first kappa shape index (κ1) is 20.0. The highest BCUT2D eigenvalue weighted by Gasteiger charge is 2.42. The van der Waals surface area contributed by atoms with Gasteiger partial charge in [-0.05, 0) is 33.1 Å². The smallest absolute Gasteiger partial charge is 0.132 e. The van der Waals surface area contributed by atoms with Crippen LogP contribution in [0.4, 0.5) is 5.82 Å². The van der Waals surface area contributed by atoms with Crippen LogP contribution in [0.25, 0.3) is 0 Å². The average Bonchev–Trinajstić information content (AvgIpc) is 3.11. The van der Waals surface area contributed by atoms with Gasteiger partial charge in [0.15, 0.2) is 0 Å². The Balaban J connectivity index is 1.44. The van der Waals surface area contributed by atoms with E-state index in [-0.39, 0.29) is 24.4 Å². The molecule has 8 heteroatoms. The lowest BCUT2D eigenvalue weighted by Gasteiger charge is -2.34. The molecule has 156 valence electrons. The van der Waals surface area contributed by atoms with Crippen LogP contribution in [0.15, 0.2) is 12.4 Å². The Morgan fingerprint density at radius 1 is 1.32 bits per heavy atom. The summed E-state index contributed by atoms with van der Waals surface area (Å²) in [7, 11) is 1.72. The Bertz CT molecular complexity index is 648. The van der Waals surface area contributed by atoms with E-state index in [1.54, 1.807) is 13.4 Å². The van der Waals surface area contributed by atoms with E-state index in [9.17, 15) is 0 Å². The van der Waals surface area contributed by atoms with Crippen molar-refractivity contribution in [3.8, 4) is 0 Å². The third-order valence-electron chi connectivity index (χ3n) is 6.09. The van der Waals surface area contributed by atoms with Gasteiger partial charge in [-0.15, -0.1) is 0 Å². The van der Waals surface area contributed by atoms with Crippen molar-refractivity contribution in [2.75, 3.05) is 38.3 Å². The fourth-order valence-electron chi connectivity index (χ4n) is 4.77. The van der Waals surface area contributed by atoms with Crippen LogP contribution in [0.1, 0.15) is 44.8 Å². The van der Waals surface area contributed by atoms with E-state index in [2.05, 4.69) is 45.6 Å². The fourth-order valence-corrected chi connectivity index (χ4v) is 4.77. The number of hydrogen-bond acceptors (Lipinski definition) is 8. The van der Waals surface area contributed by atoms with E-state index < -0.39 is 0 Å². The molecule has 1 aromatic rings. The van der Waals surface area contributed by atoms with Crippen LogP contribution in [0.5, 0.6) is 0 Å². The lowest BCUT2D eigenvalue weighted by Crippen LogP contribution is -2.41. The Morgan fingerprint density at radius 3 is 3.04 bits per heavy atom. The van der Waals surface area contributed by atoms with Crippen molar-refractivity contribution in [3.05, 3.63) is 18.1 Å². The van der Waals surface area contributed by atoms with Gasteiger partial charge in [0.2, 0.25) is 0 Å². The van der Waals surface area contributed by atoms with E-state index in [1.807, 2.05) is 0 Å². The van der Waals surface area contributed by atoms with Crippen molar-refractivity contribution >= 4 is 5.82 Å². The van der Waals surface area contributed by atoms with Crippen molar-refractivity contribution in [1.29, 1.82) is 0 Å². The van der Waals surface area contributed by atoms with Gasteiger partial charge in [0.05, 0.1) is 43.3 Å². The second-order valence-corrected chi connectivity index (χ2v) is 8.30. The summed E-state index contributed by atoms with van der Waals surface area (Å²) in [4.78, 5) is 11.4. The van der Waals surface area contributed by atoms with Crippen molar-refractivity contribution in [1.82, 2.24) is 20.8 Å². The number of fused-ring (bicyclic) bond motifs is 1. The van der Waals surface area contributed by atoms with Crippen LogP contribution in [0.2, 0.25) is 0 Å². The minimum atomic E-state index is 0.126. The number of aromatic nitrogens is 2. The monoisotopic (exact) mass is 391 g/mol. The number of anilines is 1. The molecule has 1 aliphatic carbocycles. The molecule has 3 fully saturated rings. The Hall–Kier alpha value is -1.32. The van der Waals surface area contributed by atoms with E-state index in [1.165, 1.54) is 0 Å². The lowest BCUT2D eigenvalue weighted by molar-refractivity contribution is -0.0623. The van der Waals surface area contributed by atoms with Crippen LogP contribution < -0.4 is 15.8 Å². The summed E-state index contributed by atoms with van der Waals surface area (Å²) in [6.45, 7) is 7.31. The SMILES string of the molecule is COC[C@@H](C)OC1CCC2NNC(c3cc(N4CCO[C@H](C)C4)ncn3)C2C1. The number of nitrogens with zero attached hydrogens (tertiary/aromatic N) is 3. The van der Waals surface area contributed by atoms with Crippen LogP contribution in [0.3, 0.4) is 0 Å². The molecule has 0 bridgehead atoms. The van der Waals surface area contributed by atoms with Gasteiger partial charge in [0.1, 0.15) is 12.1 Å². The number of hydrogen-bond donors (Lipinski definition) is 2. The molecule has 0 spiro atoms. The number of hydrazine groups is 1. The lowest BCUT2D eigenvalue weighted by atomic mass is 9.79. The summed E-state index contributed by atoms with van der Waals surface area (Å²) in [5, 5.41) is 0. The van der Waals surface area contributed by atoms with Gasteiger partial charge in [-0.3, -0.25) is 5.43 Å². The Kier molecular flexibility index (Phi) is 6.42. The fraction of sp³-hybridized carbons (Fsp3) is 0.800. The van der Waals surface area contributed by atoms with Crippen LogP contribution in [0, 0.1) is 5.92 Å². The number of nitrogens with one attached hydrogen (secondary N) is 2. The Morgan fingerprint density at radius 2 is 2.21 bits per heavy atom. The summed E-state index contributed by atoms with van der Waals surface area (Å²) in [5.41, 5.74) is 8.03. The van der Waals surface area contributed by atoms with E-state index in [0.29, 0.717) is 18.6 Å². The number of ether oxygens (including phenoxy) is 3. The van der Waals surface area contributed by atoms with Gasteiger partial charge < -0.3 is 19.1 Å². The molecule has 2 saturated heterocycles. The normalized spacial score (nSPS) is 34.2. The van der Waals surface area contributed by atoms with Gasteiger partial charge in [-0.25, -0.2) is 15.4 Å². The summed E-state index contributed by atoms with van der Waals surface area (Å²) in [5.74, 6) is 1.45. The molecule has 2 aliphatic heterocycles. The highest BCUT2D eigenvalue weighted by molar-refractivity contribution is 5.40. The van der Waals surface area contributed by atoms with E-state index >= 15 is 0 Å². The molecule has 4 unspecified atom stereocenters. The predicted octanol–water partition coefficient (Wildman–Crippen LogP) is 1.44. The first-order valence-electron chi connectivity index (χ1n) is 10.5. The van der Waals surface area contributed by atoms with Gasteiger partial charge in [-0.1, -0.05) is 0 Å². The molecule has 0 amide bonds. The maximum atomic E-state index is 6.22. The molecule has 4 rings (SSSR count). The zero-order valence-electron chi connectivity index (χ0n) is 17.1. The van der Waals surface area contributed by atoms with Gasteiger partial charge in [-0.2, -0.15) is 0 Å². The number of methoxy groups -OCH3 is 1. The van der Waals surface area contributed by atoms with Crippen LogP contribution >= 0.6 is 0 Å². The third-order valence-corrected chi connectivity index (χ3v) is 6.09. The molecule has 0 aromatic carbocycles. The molecule has 0 radical (unpaired) electrons. The van der Waals surface area contributed by atoms with Crippen molar-refractivity contribution < 1.29 is 14.2 Å². The highest BCUT2D eigenvalue weighted by atomic mass is 16.5. The average molecular weight is 392 g/mol. The first-order chi connectivity index (χ1) is 13.6. The molecule has 3 aliphatic rings. The minimum Gasteiger partial charge on any atom is -0.382 e. The largest absolute Gasteiger partial charge is 0.382 e. The second-order valence-electron chi connectivity index (χ2n) is 8.30. The molecule has 6 atom stereocenters. The standard InChI is InChI=1S/C20H33N5O3/c1-13-10-25(6-7-27-13)19-9-18(21-12-22-19)20-16-8-15(28-14(2)11-26-3)4-5-17(16)23-24-20/h9,12-17,20,23-24H,4-8,10-11H2,1-3H3/t13-,14-,15?,16?,17?,20?/m1/s1. The highest BCUT2D eigenvalue weighted by Crippen LogP contribution is 2.39. The predicted molar refractivity (Wildman–Crippen MR) is 106 cm³/mol. The molecule has 1 saturated carbocycles. The zero-order valence-corrected chi connectivity index (χ0v) is 17.1. The number of rotatable bonds is 6. The Labute approximate surface area is 167 Å². The molecular weight excluding hydrogens is 358 g/mol. The molecule has 1 aromatic heterocycles. The van der Waals surface area contributed by atoms with Gasteiger partial charge in [0, 0.05) is 38.2 Å². The first-order valence-corrected chi connectivity index (χ1v) is 10.5. The molecular formula is C20H33N5O3. The minimum absolute atomic E-state index is 0.126. The van der Waals surface area contributed by atoms with Crippen LogP contribution in [-0.4, -0.2) is 67.7 Å². The topological polar surface area (TPSA) is 80.8 Å². The van der Waals surface area contributed by atoms with E-state index in [0.717, 1.165) is 50.5 Å². The van der Waals surface area contributed by atoms with Crippen molar-refractivity contribution in [2.24, 2.45) is 5.92 Å². The maximum Gasteiger partial charge on any atom is 0.132 e. The van der Waals surface area contributed by atoms with Gasteiger partial charge >= 0.3 is 0 Å². The summed E-state index contributed by atoms with van der Waals surface area (Å²) >= 11 is 0. The van der Waals surface area contributed by atoms with Crippen LogP contribution in [-0.2, 0) is 14.2 Å².